The number of ether oxygens (including phenoxy) is 1. The van der Waals surface area contributed by atoms with Gasteiger partial charge in [0.25, 0.3) is 0 Å². The van der Waals surface area contributed by atoms with Crippen LogP contribution in [0.1, 0.15) is 30.5 Å². The van der Waals surface area contributed by atoms with E-state index in [1.807, 2.05) is 6.07 Å². The van der Waals surface area contributed by atoms with Crippen molar-refractivity contribution in [1.29, 1.82) is 0 Å². The van der Waals surface area contributed by atoms with E-state index in [2.05, 4.69) is 37.5 Å². The molecule has 0 saturated heterocycles. The molecule has 0 radical (unpaired) electrons. The predicted octanol–water partition coefficient (Wildman–Crippen LogP) is 2.93. The lowest BCUT2D eigenvalue weighted by atomic mass is 9.69. The smallest absolute Gasteiger partial charge is 0.311 e. The van der Waals surface area contributed by atoms with Crippen molar-refractivity contribution in [2.75, 3.05) is 37.9 Å². The van der Waals surface area contributed by atoms with E-state index in [4.69, 9.17) is 16.3 Å². The van der Waals surface area contributed by atoms with Crippen LogP contribution in [0.4, 0.5) is 17.5 Å². The maximum atomic E-state index is 11.6. The van der Waals surface area contributed by atoms with E-state index in [0.29, 0.717) is 41.2 Å². The van der Waals surface area contributed by atoms with Crippen LogP contribution in [0, 0.1) is 5.41 Å². The predicted molar refractivity (Wildman–Crippen MR) is 114 cm³/mol. The molecule has 3 heterocycles. The molecule has 0 atom stereocenters. The third-order valence-corrected chi connectivity index (χ3v) is 6.15. The average Bonchev–Trinajstić information content (AvgIpc) is 2.68. The molecule has 0 amide bonds. The zero-order chi connectivity index (χ0) is 21.3. The van der Waals surface area contributed by atoms with Crippen LogP contribution in [0.25, 0.3) is 0 Å². The molecular weight excluding hydrogens is 408 g/mol. The van der Waals surface area contributed by atoms with Crippen LogP contribution in [0.3, 0.4) is 0 Å². The molecule has 3 N–H and O–H groups in total. The van der Waals surface area contributed by atoms with E-state index in [1.165, 1.54) is 6.20 Å². The number of fused-ring (bicyclic) bond motifs is 1. The summed E-state index contributed by atoms with van der Waals surface area (Å²) in [5.74, 6) is 0.403. The van der Waals surface area contributed by atoms with E-state index in [9.17, 15) is 9.90 Å². The third kappa shape index (κ3) is 3.99. The first-order chi connectivity index (χ1) is 14.4. The molecule has 0 unspecified atom stereocenters. The van der Waals surface area contributed by atoms with Gasteiger partial charge in [0, 0.05) is 26.1 Å². The number of hydrogen-bond acceptors (Lipinski definition) is 8. The van der Waals surface area contributed by atoms with Crippen molar-refractivity contribution in [3.8, 4) is 5.88 Å². The third-order valence-electron chi connectivity index (χ3n) is 5.87. The van der Waals surface area contributed by atoms with Crippen LogP contribution < -0.4 is 15.4 Å². The summed E-state index contributed by atoms with van der Waals surface area (Å²) in [6.07, 6.45) is 4.57. The van der Waals surface area contributed by atoms with E-state index >= 15 is 0 Å². The molecule has 0 bridgehead atoms. The second-order valence-corrected chi connectivity index (χ2v) is 8.35. The zero-order valence-electron chi connectivity index (χ0n) is 17.0. The molecule has 30 heavy (non-hydrogen) atoms. The highest BCUT2D eigenvalue weighted by molar-refractivity contribution is 6.32. The Balaban J connectivity index is 1.55. The summed E-state index contributed by atoms with van der Waals surface area (Å²) < 4.78 is 5.46. The number of rotatable bonds is 7. The second kappa shape index (κ2) is 8.23. The highest BCUT2D eigenvalue weighted by Crippen LogP contribution is 2.41. The van der Waals surface area contributed by atoms with Crippen LogP contribution in [-0.2, 0) is 17.8 Å². The maximum Gasteiger partial charge on any atom is 0.311 e. The van der Waals surface area contributed by atoms with Gasteiger partial charge in [-0.15, -0.1) is 0 Å². The van der Waals surface area contributed by atoms with Gasteiger partial charge < -0.3 is 25.4 Å². The van der Waals surface area contributed by atoms with Gasteiger partial charge in [-0.05, 0) is 31.5 Å². The number of nitrogens with one attached hydrogen (secondary N) is 2. The Hall–Kier alpha value is -2.65. The van der Waals surface area contributed by atoms with E-state index in [0.717, 1.165) is 37.2 Å². The molecule has 1 saturated carbocycles. The molecule has 10 heteroatoms. The van der Waals surface area contributed by atoms with Crippen molar-refractivity contribution in [3.05, 3.63) is 28.5 Å². The lowest BCUT2D eigenvalue weighted by Crippen LogP contribution is -2.43. The molecule has 2 aliphatic rings. The van der Waals surface area contributed by atoms with Gasteiger partial charge in [0.2, 0.25) is 11.8 Å². The number of carbonyl (C=O) groups is 1. The lowest BCUT2D eigenvalue weighted by molar-refractivity contribution is -0.153. The van der Waals surface area contributed by atoms with Crippen LogP contribution >= 0.6 is 11.6 Å². The first-order valence-electron chi connectivity index (χ1n) is 9.92. The largest absolute Gasteiger partial charge is 0.481 e. The second-order valence-electron chi connectivity index (χ2n) is 7.95. The van der Waals surface area contributed by atoms with Gasteiger partial charge in [-0.3, -0.25) is 4.79 Å². The molecule has 0 spiro atoms. The van der Waals surface area contributed by atoms with Gasteiger partial charge in [0.15, 0.2) is 5.82 Å². The van der Waals surface area contributed by atoms with Gasteiger partial charge in [-0.2, -0.15) is 4.98 Å². The number of pyridine rings is 1. The zero-order valence-corrected chi connectivity index (χ0v) is 17.8. The minimum Gasteiger partial charge on any atom is -0.481 e. The summed E-state index contributed by atoms with van der Waals surface area (Å²) in [5.41, 5.74) is 2.09. The topological polar surface area (TPSA) is 112 Å². The maximum absolute atomic E-state index is 11.6. The van der Waals surface area contributed by atoms with Crippen molar-refractivity contribution in [3.63, 3.8) is 0 Å². The molecule has 9 nitrogen and oxygen atoms in total. The number of aromatic nitrogens is 3. The average molecular weight is 433 g/mol. The van der Waals surface area contributed by atoms with Crippen LogP contribution in [-0.4, -0.2) is 58.2 Å². The fourth-order valence-corrected chi connectivity index (χ4v) is 3.99. The van der Waals surface area contributed by atoms with Gasteiger partial charge in [-0.25, -0.2) is 9.97 Å². The standard InChI is InChI=1S/C20H25ClN6O3/c1-27-7-4-14-12(10-27)8-15(17(24-14)30-2)25-19-22-9-13(21)16(26-19)23-11-20(18(28)29)5-3-6-20/h8-9H,3-7,10-11H2,1-2H3,(H,28,29)(H2,22,23,25,26). The van der Waals surface area contributed by atoms with Crippen molar-refractivity contribution >= 4 is 35.0 Å². The van der Waals surface area contributed by atoms with Crippen LogP contribution in [0.15, 0.2) is 12.3 Å². The summed E-state index contributed by atoms with van der Waals surface area (Å²) in [4.78, 5) is 27.1. The number of likely N-dealkylation sites (N-methyl/N-ethyl adjacent to an activating group) is 1. The molecule has 1 aliphatic carbocycles. The number of hydrogen-bond donors (Lipinski definition) is 3. The summed E-state index contributed by atoms with van der Waals surface area (Å²) >= 11 is 6.23. The summed E-state index contributed by atoms with van der Waals surface area (Å²) in [6, 6.07) is 2.01. The highest BCUT2D eigenvalue weighted by atomic mass is 35.5. The molecule has 1 fully saturated rings. The Kier molecular flexibility index (Phi) is 5.66. The summed E-state index contributed by atoms with van der Waals surface area (Å²) in [5, 5.41) is 16.1. The Morgan fingerprint density at radius 3 is 2.87 bits per heavy atom. The van der Waals surface area contributed by atoms with E-state index in [-0.39, 0.29) is 6.54 Å². The van der Waals surface area contributed by atoms with Crippen molar-refractivity contribution in [1.82, 2.24) is 19.9 Å². The molecular formula is C20H25ClN6O3. The molecule has 0 aromatic carbocycles. The number of aliphatic carboxylic acids is 1. The number of nitrogens with zero attached hydrogens (tertiary/aromatic N) is 4. The van der Waals surface area contributed by atoms with Crippen molar-refractivity contribution < 1.29 is 14.6 Å². The number of halogens is 1. The molecule has 2 aromatic heterocycles. The number of carboxylic acids is 1. The fourth-order valence-electron chi connectivity index (χ4n) is 3.83. The monoisotopic (exact) mass is 432 g/mol. The van der Waals surface area contributed by atoms with Gasteiger partial charge in [0.05, 0.1) is 24.4 Å². The summed E-state index contributed by atoms with van der Waals surface area (Å²) in [6.45, 7) is 2.05. The Morgan fingerprint density at radius 1 is 1.40 bits per heavy atom. The molecule has 4 rings (SSSR count). The first-order valence-corrected chi connectivity index (χ1v) is 10.3. The van der Waals surface area contributed by atoms with Gasteiger partial charge in [-0.1, -0.05) is 18.0 Å². The minimum atomic E-state index is -0.792. The molecule has 160 valence electrons. The molecule has 1 aliphatic heterocycles. The molecule has 2 aromatic rings. The fraction of sp³-hybridized carbons (Fsp3) is 0.500. The van der Waals surface area contributed by atoms with E-state index < -0.39 is 11.4 Å². The first kappa shape index (κ1) is 20.6. The quantitative estimate of drug-likeness (QED) is 0.607. The number of methoxy groups -OCH3 is 1. The number of carboxylic acid groups (broad SMARTS) is 1. The van der Waals surface area contributed by atoms with E-state index in [1.54, 1.807) is 7.11 Å². The Morgan fingerprint density at radius 2 is 2.20 bits per heavy atom. The highest BCUT2D eigenvalue weighted by Gasteiger charge is 2.44. The van der Waals surface area contributed by atoms with Crippen molar-refractivity contribution in [2.45, 2.75) is 32.2 Å². The van der Waals surface area contributed by atoms with Crippen LogP contribution in [0.5, 0.6) is 5.88 Å². The SMILES string of the molecule is COc1nc2c(cc1Nc1ncc(Cl)c(NCC3(C(=O)O)CCC3)n1)CN(C)CC2. The number of anilines is 3. The van der Waals surface area contributed by atoms with Gasteiger partial charge in [0.1, 0.15) is 10.7 Å². The summed E-state index contributed by atoms with van der Waals surface area (Å²) in [7, 11) is 3.65. The van der Waals surface area contributed by atoms with Gasteiger partial charge >= 0.3 is 5.97 Å². The normalized spacial score (nSPS) is 17.6. The van der Waals surface area contributed by atoms with Crippen LogP contribution in [0.2, 0.25) is 5.02 Å². The minimum absolute atomic E-state index is 0.272. The Bertz CT molecular complexity index is 966. The Labute approximate surface area is 179 Å². The lowest BCUT2D eigenvalue weighted by Gasteiger charge is -2.37. The van der Waals surface area contributed by atoms with Crippen molar-refractivity contribution in [2.24, 2.45) is 5.41 Å².